The highest BCUT2D eigenvalue weighted by Crippen LogP contribution is 2.43. The van der Waals surface area contributed by atoms with E-state index in [0.29, 0.717) is 0 Å². The van der Waals surface area contributed by atoms with Crippen LogP contribution in [0.4, 0.5) is 0 Å². The van der Waals surface area contributed by atoms with Crippen LogP contribution in [-0.4, -0.2) is 21.4 Å². The molecule has 0 amide bonds. The van der Waals surface area contributed by atoms with Crippen molar-refractivity contribution < 1.29 is 9.84 Å². The van der Waals surface area contributed by atoms with Gasteiger partial charge in [0.1, 0.15) is 5.69 Å². The van der Waals surface area contributed by atoms with Crippen molar-refractivity contribution in [2.75, 3.05) is 7.11 Å². The van der Waals surface area contributed by atoms with E-state index in [1.165, 1.54) is 0 Å². The van der Waals surface area contributed by atoms with Gasteiger partial charge in [-0.3, -0.25) is 0 Å². The van der Waals surface area contributed by atoms with Crippen LogP contribution >= 0.6 is 0 Å². The van der Waals surface area contributed by atoms with E-state index >= 15 is 0 Å². The minimum atomic E-state index is -0.0125. The highest BCUT2D eigenvalue weighted by atomic mass is 16.5. The summed E-state index contributed by atoms with van der Waals surface area (Å²) in [6, 6.07) is 16.4. The lowest BCUT2D eigenvalue weighted by Crippen LogP contribution is -2.01. The van der Waals surface area contributed by atoms with Crippen LogP contribution in [0, 0.1) is 0 Å². The van der Waals surface area contributed by atoms with Gasteiger partial charge in [-0.05, 0) is 18.2 Å². The van der Waals surface area contributed by atoms with Gasteiger partial charge in [-0.1, -0.05) is 30.3 Å². The Morgan fingerprint density at radius 2 is 1.38 bits per heavy atom. The average Bonchev–Trinajstić information content (AvgIpc) is 3.06. The third kappa shape index (κ3) is 1.83. The Morgan fingerprint density at radius 1 is 0.833 bits per heavy atom. The lowest BCUT2D eigenvalue weighted by Gasteiger charge is -2.11. The summed E-state index contributed by atoms with van der Waals surface area (Å²) in [6.07, 6.45) is 0. The zero-order chi connectivity index (χ0) is 16.8. The first-order chi connectivity index (χ1) is 11.7. The number of nitrogens with zero attached hydrogens (tertiary/aromatic N) is 2. The maximum absolute atomic E-state index is 10.1. The molecule has 4 aromatic rings. The smallest absolute Gasteiger partial charge is 0.153 e. The summed E-state index contributed by atoms with van der Waals surface area (Å²) in [6.45, 7) is -0.0125. The van der Waals surface area contributed by atoms with Gasteiger partial charge < -0.3 is 19.0 Å². The molecule has 24 heavy (non-hydrogen) atoms. The van der Waals surface area contributed by atoms with Crippen molar-refractivity contribution >= 4 is 21.8 Å². The zero-order valence-electron chi connectivity index (χ0n) is 14.1. The zero-order valence-corrected chi connectivity index (χ0v) is 14.1. The second-order valence-electron chi connectivity index (χ2n) is 6.02. The van der Waals surface area contributed by atoms with Gasteiger partial charge in [-0.25, -0.2) is 0 Å². The Labute approximate surface area is 140 Å². The summed E-state index contributed by atoms with van der Waals surface area (Å²) in [5.41, 5.74) is 5.12. The number of hydrogen-bond donors (Lipinski definition) is 1. The van der Waals surface area contributed by atoms with Gasteiger partial charge in [0, 0.05) is 35.9 Å². The molecule has 0 saturated carbocycles. The first-order valence-electron chi connectivity index (χ1n) is 7.98. The molecule has 2 heterocycles. The molecule has 2 aromatic carbocycles. The van der Waals surface area contributed by atoms with Crippen molar-refractivity contribution in [1.82, 2.24) is 9.13 Å². The highest BCUT2D eigenvalue weighted by Gasteiger charge is 2.24. The fraction of sp³-hybridized carbons (Fsp3) is 0.200. The first kappa shape index (κ1) is 14.8. The molecule has 4 rings (SSSR count). The van der Waals surface area contributed by atoms with E-state index in [4.69, 9.17) is 4.74 Å². The number of ether oxygens (including phenoxy) is 1. The molecule has 0 radical (unpaired) electrons. The van der Waals surface area contributed by atoms with E-state index in [0.717, 1.165) is 44.5 Å². The lowest BCUT2D eigenvalue weighted by atomic mass is 10.1. The summed E-state index contributed by atoms with van der Waals surface area (Å²) >= 11 is 0. The van der Waals surface area contributed by atoms with Crippen molar-refractivity contribution in [2.24, 2.45) is 14.1 Å². The third-order valence-electron chi connectivity index (χ3n) is 4.86. The molecule has 0 aliphatic rings. The third-order valence-corrected chi connectivity index (χ3v) is 4.86. The van der Waals surface area contributed by atoms with E-state index in [1.54, 1.807) is 7.11 Å². The minimum absolute atomic E-state index is 0.0125. The van der Waals surface area contributed by atoms with Crippen LogP contribution < -0.4 is 4.74 Å². The van der Waals surface area contributed by atoms with Crippen molar-refractivity contribution in [3.05, 3.63) is 54.1 Å². The second-order valence-corrected chi connectivity index (χ2v) is 6.02. The predicted octanol–water partition coefficient (Wildman–Crippen LogP) is 3.84. The average molecular weight is 320 g/mol. The predicted molar refractivity (Wildman–Crippen MR) is 97.3 cm³/mol. The number of aromatic nitrogens is 2. The molecule has 122 valence electrons. The molecule has 2 aromatic heterocycles. The molecule has 0 spiro atoms. The van der Waals surface area contributed by atoms with Crippen LogP contribution in [0.2, 0.25) is 0 Å². The molecule has 0 bridgehead atoms. The number of fused-ring (bicyclic) bond motifs is 2. The first-order valence-corrected chi connectivity index (χ1v) is 7.98. The molecule has 0 saturated heterocycles. The van der Waals surface area contributed by atoms with Crippen LogP contribution in [-0.2, 0) is 20.7 Å². The Bertz CT molecular complexity index is 971. The number of para-hydroxylation sites is 2. The quantitative estimate of drug-likeness (QED) is 0.623. The number of hydrogen-bond acceptors (Lipinski definition) is 2. The van der Waals surface area contributed by atoms with Crippen LogP contribution in [0.1, 0.15) is 5.56 Å². The van der Waals surface area contributed by atoms with Gasteiger partial charge in [0.2, 0.25) is 0 Å². The monoisotopic (exact) mass is 320 g/mol. The number of aliphatic hydroxyl groups is 1. The lowest BCUT2D eigenvalue weighted by molar-refractivity contribution is 0.283. The highest BCUT2D eigenvalue weighted by molar-refractivity contribution is 5.99. The van der Waals surface area contributed by atoms with Crippen molar-refractivity contribution in [3.63, 3.8) is 0 Å². The molecule has 0 fully saturated rings. The molecule has 1 N–H and O–H groups in total. The Morgan fingerprint density at radius 3 is 2.00 bits per heavy atom. The number of methoxy groups -OCH3 is 1. The number of aliphatic hydroxyl groups excluding tert-OH is 1. The molecule has 4 nitrogen and oxygen atoms in total. The van der Waals surface area contributed by atoms with Crippen LogP contribution in [0.25, 0.3) is 33.2 Å². The van der Waals surface area contributed by atoms with Gasteiger partial charge in [-0.15, -0.1) is 0 Å². The molecular formula is C20H20N2O2. The number of benzene rings is 2. The Balaban J connectivity index is 2.18. The molecule has 0 unspecified atom stereocenters. The van der Waals surface area contributed by atoms with Gasteiger partial charge >= 0.3 is 0 Å². The van der Waals surface area contributed by atoms with Crippen molar-refractivity contribution in [2.45, 2.75) is 6.61 Å². The topological polar surface area (TPSA) is 39.3 Å². The van der Waals surface area contributed by atoms with Gasteiger partial charge in [0.15, 0.2) is 5.75 Å². The van der Waals surface area contributed by atoms with Crippen LogP contribution in [0.5, 0.6) is 5.75 Å². The Kier molecular flexibility index (Phi) is 3.36. The maximum Gasteiger partial charge on any atom is 0.153 e. The number of rotatable bonds is 3. The SMILES string of the molecule is COc1c(-c2c(CO)c3ccccc3n2C)n(C)c2ccccc12. The van der Waals surface area contributed by atoms with E-state index in [1.807, 2.05) is 38.4 Å². The van der Waals surface area contributed by atoms with Crippen molar-refractivity contribution in [3.8, 4) is 17.1 Å². The van der Waals surface area contributed by atoms with E-state index in [9.17, 15) is 5.11 Å². The molecule has 0 aliphatic heterocycles. The van der Waals surface area contributed by atoms with Crippen LogP contribution in [0.15, 0.2) is 48.5 Å². The molecule has 0 aliphatic carbocycles. The normalized spacial score (nSPS) is 11.5. The largest absolute Gasteiger partial charge is 0.494 e. The van der Waals surface area contributed by atoms with Gasteiger partial charge in [-0.2, -0.15) is 0 Å². The minimum Gasteiger partial charge on any atom is -0.494 e. The maximum atomic E-state index is 10.1. The van der Waals surface area contributed by atoms with Crippen LogP contribution in [0.3, 0.4) is 0 Å². The second kappa shape index (κ2) is 5.42. The van der Waals surface area contributed by atoms with E-state index in [-0.39, 0.29) is 6.61 Å². The summed E-state index contributed by atoms with van der Waals surface area (Å²) in [4.78, 5) is 0. The van der Waals surface area contributed by atoms with E-state index in [2.05, 4.69) is 33.4 Å². The summed E-state index contributed by atoms with van der Waals surface area (Å²) in [5, 5.41) is 12.2. The van der Waals surface area contributed by atoms with Gasteiger partial charge in [0.25, 0.3) is 0 Å². The number of aryl methyl sites for hydroxylation is 2. The fourth-order valence-corrected chi connectivity index (χ4v) is 3.77. The molecule has 4 heteroatoms. The standard InChI is InChI=1S/C20H20N2O2/c1-21-16-10-6-4-8-13(16)15(12-23)18(21)19-20(24-3)14-9-5-7-11-17(14)22(19)2/h4-11,23H,12H2,1-3H3. The molecule has 0 atom stereocenters. The summed E-state index contributed by atoms with van der Waals surface area (Å²) in [5.74, 6) is 0.841. The summed E-state index contributed by atoms with van der Waals surface area (Å²) < 4.78 is 10.0. The van der Waals surface area contributed by atoms with Gasteiger partial charge in [0.05, 0.1) is 24.9 Å². The fourth-order valence-electron chi connectivity index (χ4n) is 3.77. The summed E-state index contributed by atoms with van der Waals surface area (Å²) in [7, 11) is 5.78. The van der Waals surface area contributed by atoms with Crippen molar-refractivity contribution in [1.29, 1.82) is 0 Å². The molecular weight excluding hydrogens is 300 g/mol. The Hall–Kier alpha value is -2.72. The van der Waals surface area contributed by atoms with E-state index < -0.39 is 0 Å².